The first-order chi connectivity index (χ1) is 14.2. The minimum Gasteiger partial charge on any atom is -0.497 e. The topological polar surface area (TPSA) is 69.7 Å². The van der Waals surface area contributed by atoms with E-state index < -0.39 is 0 Å². The Balaban J connectivity index is 1.34. The lowest BCUT2D eigenvalue weighted by Gasteiger charge is -2.11. The Kier molecular flexibility index (Phi) is 6.07. The standard InChI is InChI=1S/C22H22N2O4S/c1-26-17-8-4-15(5-9-17)20-14-29-22(23-20)24-21(25)16-6-10-18(11-7-16)28-13-19-3-2-12-27-19/h4-11,14,19H,2-3,12-13H2,1H3,(H,23,24,25)/t19-/m0/s1. The number of amides is 1. The van der Waals surface area contributed by atoms with Gasteiger partial charge >= 0.3 is 0 Å². The van der Waals surface area contributed by atoms with E-state index in [9.17, 15) is 4.79 Å². The van der Waals surface area contributed by atoms with Gasteiger partial charge in [-0.3, -0.25) is 10.1 Å². The van der Waals surface area contributed by atoms with Crippen LogP contribution in [-0.4, -0.2) is 37.3 Å². The van der Waals surface area contributed by atoms with Crippen LogP contribution in [0.1, 0.15) is 23.2 Å². The van der Waals surface area contributed by atoms with E-state index in [1.165, 1.54) is 11.3 Å². The predicted molar refractivity (Wildman–Crippen MR) is 113 cm³/mol. The number of thiazole rings is 1. The molecule has 150 valence electrons. The van der Waals surface area contributed by atoms with E-state index in [1.807, 2.05) is 29.6 Å². The summed E-state index contributed by atoms with van der Waals surface area (Å²) in [4.78, 5) is 17.0. The number of aromatic nitrogens is 1. The lowest BCUT2D eigenvalue weighted by Crippen LogP contribution is -2.16. The molecule has 1 saturated heterocycles. The molecule has 0 unspecified atom stereocenters. The number of methoxy groups -OCH3 is 1. The largest absolute Gasteiger partial charge is 0.497 e. The van der Waals surface area contributed by atoms with E-state index >= 15 is 0 Å². The second-order valence-corrected chi connectivity index (χ2v) is 7.55. The third-order valence-corrected chi connectivity index (χ3v) is 5.44. The molecule has 0 spiro atoms. The van der Waals surface area contributed by atoms with Crippen molar-refractivity contribution in [2.24, 2.45) is 0 Å². The molecule has 2 aromatic carbocycles. The van der Waals surface area contributed by atoms with Crippen molar-refractivity contribution in [2.75, 3.05) is 25.6 Å². The zero-order chi connectivity index (χ0) is 20.1. The summed E-state index contributed by atoms with van der Waals surface area (Å²) in [5, 5.41) is 5.32. The lowest BCUT2D eigenvalue weighted by molar-refractivity contribution is 0.0679. The van der Waals surface area contributed by atoms with Gasteiger partial charge in [-0.05, 0) is 61.4 Å². The zero-order valence-electron chi connectivity index (χ0n) is 16.1. The second-order valence-electron chi connectivity index (χ2n) is 6.69. The average molecular weight is 410 g/mol. The average Bonchev–Trinajstić information content (AvgIpc) is 3.45. The summed E-state index contributed by atoms with van der Waals surface area (Å²) >= 11 is 1.39. The highest BCUT2D eigenvalue weighted by Crippen LogP contribution is 2.27. The van der Waals surface area contributed by atoms with Crippen molar-refractivity contribution in [1.82, 2.24) is 4.98 Å². The SMILES string of the molecule is COc1ccc(-c2csc(NC(=O)c3ccc(OC[C@@H]4CCCO4)cc3)n2)cc1. The molecule has 1 amide bonds. The van der Waals surface area contributed by atoms with E-state index in [4.69, 9.17) is 14.2 Å². The van der Waals surface area contributed by atoms with Gasteiger partial charge in [0.15, 0.2) is 5.13 Å². The van der Waals surface area contributed by atoms with Gasteiger partial charge < -0.3 is 14.2 Å². The molecule has 0 saturated carbocycles. The number of nitrogens with zero attached hydrogens (tertiary/aromatic N) is 1. The molecule has 29 heavy (non-hydrogen) atoms. The van der Waals surface area contributed by atoms with E-state index in [2.05, 4.69) is 10.3 Å². The van der Waals surface area contributed by atoms with E-state index in [-0.39, 0.29) is 12.0 Å². The predicted octanol–water partition coefficient (Wildman–Crippen LogP) is 4.63. The maximum atomic E-state index is 12.5. The fourth-order valence-corrected chi connectivity index (χ4v) is 3.78. The molecule has 1 aliphatic rings. The van der Waals surface area contributed by atoms with Crippen LogP contribution in [0, 0.1) is 0 Å². The summed E-state index contributed by atoms with van der Waals surface area (Å²) in [6.07, 6.45) is 2.29. The molecule has 4 rings (SSSR count). The Labute approximate surface area is 173 Å². The van der Waals surface area contributed by atoms with Gasteiger partial charge in [0.05, 0.1) is 18.9 Å². The highest BCUT2D eigenvalue weighted by Gasteiger charge is 2.16. The summed E-state index contributed by atoms with van der Waals surface area (Å²) in [5.41, 5.74) is 2.33. The summed E-state index contributed by atoms with van der Waals surface area (Å²) < 4.78 is 16.5. The van der Waals surface area contributed by atoms with Crippen LogP contribution in [0.25, 0.3) is 11.3 Å². The maximum Gasteiger partial charge on any atom is 0.257 e. The number of carbonyl (C=O) groups is 1. The first-order valence-electron chi connectivity index (χ1n) is 9.47. The maximum absolute atomic E-state index is 12.5. The fraction of sp³-hybridized carbons (Fsp3) is 0.273. The van der Waals surface area contributed by atoms with Crippen molar-refractivity contribution >= 4 is 22.4 Å². The van der Waals surface area contributed by atoms with Gasteiger partial charge in [-0.2, -0.15) is 0 Å². The highest BCUT2D eigenvalue weighted by atomic mass is 32.1. The van der Waals surface area contributed by atoms with Crippen LogP contribution in [0.15, 0.2) is 53.9 Å². The second kappa shape index (κ2) is 9.07. The van der Waals surface area contributed by atoms with Crippen molar-refractivity contribution in [3.8, 4) is 22.8 Å². The van der Waals surface area contributed by atoms with Gasteiger partial charge in [0.1, 0.15) is 18.1 Å². The fourth-order valence-electron chi connectivity index (χ4n) is 3.06. The number of hydrogen-bond donors (Lipinski definition) is 1. The summed E-state index contributed by atoms with van der Waals surface area (Å²) in [7, 11) is 1.63. The Morgan fingerprint density at radius 2 is 1.93 bits per heavy atom. The Hall–Kier alpha value is -2.90. The highest BCUT2D eigenvalue weighted by molar-refractivity contribution is 7.14. The van der Waals surface area contributed by atoms with Crippen LogP contribution in [-0.2, 0) is 4.74 Å². The van der Waals surface area contributed by atoms with E-state index in [0.29, 0.717) is 17.3 Å². The number of hydrogen-bond acceptors (Lipinski definition) is 6. The number of anilines is 1. The minimum absolute atomic E-state index is 0.169. The van der Waals surface area contributed by atoms with Gasteiger partial charge in [-0.1, -0.05) is 0 Å². The summed E-state index contributed by atoms with van der Waals surface area (Å²) in [6.45, 7) is 1.35. The normalized spacial score (nSPS) is 15.8. The zero-order valence-corrected chi connectivity index (χ0v) is 16.9. The quantitative estimate of drug-likeness (QED) is 0.615. The first kappa shape index (κ1) is 19.4. The van der Waals surface area contributed by atoms with Crippen molar-refractivity contribution in [1.29, 1.82) is 0 Å². The first-order valence-corrected chi connectivity index (χ1v) is 10.3. The third-order valence-electron chi connectivity index (χ3n) is 4.69. The number of rotatable bonds is 7. The van der Waals surface area contributed by atoms with Crippen molar-refractivity contribution in [3.05, 3.63) is 59.5 Å². The molecule has 1 aromatic heterocycles. The van der Waals surface area contributed by atoms with Gasteiger partial charge in [0.2, 0.25) is 0 Å². The van der Waals surface area contributed by atoms with E-state index in [1.54, 1.807) is 31.4 Å². The van der Waals surface area contributed by atoms with Gasteiger partial charge in [0, 0.05) is 23.1 Å². The Bertz CT molecular complexity index is 948. The molecule has 0 aliphatic carbocycles. The van der Waals surface area contributed by atoms with Crippen LogP contribution < -0.4 is 14.8 Å². The molecule has 7 heteroatoms. The molecular weight excluding hydrogens is 388 g/mol. The molecule has 2 heterocycles. The van der Waals surface area contributed by atoms with Gasteiger partial charge in [-0.15, -0.1) is 11.3 Å². The van der Waals surface area contributed by atoms with Crippen LogP contribution in [0.4, 0.5) is 5.13 Å². The molecule has 1 aliphatic heterocycles. The van der Waals surface area contributed by atoms with Gasteiger partial charge in [0.25, 0.3) is 5.91 Å². The molecule has 0 radical (unpaired) electrons. The summed E-state index contributed by atoms with van der Waals surface area (Å²) in [5.74, 6) is 1.32. The van der Waals surface area contributed by atoms with Crippen LogP contribution in [0.2, 0.25) is 0 Å². The van der Waals surface area contributed by atoms with Crippen molar-refractivity contribution in [2.45, 2.75) is 18.9 Å². The third kappa shape index (κ3) is 4.93. The smallest absolute Gasteiger partial charge is 0.257 e. The Morgan fingerprint density at radius 1 is 1.17 bits per heavy atom. The Morgan fingerprint density at radius 3 is 2.62 bits per heavy atom. The molecule has 0 bridgehead atoms. The number of nitrogens with one attached hydrogen (secondary N) is 1. The molecular formula is C22H22N2O4S. The number of carbonyl (C=O) groups excluding carboxylic acids is 1. The van der Waals surface area contributed by atoms with Crippen LogP contribution >= 0.6 is 11.3 Å². The van der Waals surface area contributed by atoms with Gasteiger partial charge in [-0.25, -0.2) is 4.98 Å². The monoisotopic (exact) mass is 410 g/mol. The molecule has 1 N–H and O–H groups in total. The summed E-state index contributed by atoms with van der Waals surface area (Å²) in [6, 6.07) is 14.7. The van der Waals surface area contributed by atoms with Crippen molar-refractivity contribution in [3.63, 3.8) is 0 Å². The van der Waals surface area contributed by atoms with Crippen LogP contribution in [0.3, 0.4) is 0 Å². The lowest BCUT2D eigenvalue weighted by atomic mass is 10.2. The number of ether oxygens (including phenoxy) is 3. The molecule has 1 fully saturated rings. The van der Waals surface area contributed by atoms with E-state index in [0.717, 1.165) is 42.2 Å². The molecule has 1 atom stereocenters. The van der Waals surface area contributed by atoms with Crippen molar-refractivity contribution < 1.29 is 19.0 Å². The van der Waals surface area contributed by atoms with Crippen LogP contribution in [0.5, 0.6) is 11.5 Å². The number of benzene rings is 2. The minimum atomic E-state index is -0.202. The molecule has 6 nitrogen and oxygen atoms in total. The molecule has 3 aromatic rings.